The molecule has 0 unspecified atom stereocenters. The van der Waals surface area contributed by atoms with E-state index in [1.165, 1.54) is 0 Å². The number of nitrogens with one attached hydrogen (secondary N) is 1. The smallest absolute Gasteiger partial charge is 0.274 e. The number of carbonyl (C=O) groups is 1. The first-order valence-electron chi connectivity index (χ1n) is 6.11. The lowest BCUT2D eigenvalue weighted by Gasteiger charge is -2.41. The number of rotatable bonds is 6. The van der Waals surface area contributed by atoms with Crippen molar-refractivity contribution in [1.82, 2.24) is 5.32 Å². The highest BCUT2D eigenvalue weighted by Crippen LogP contribution is 2.22. The minimum absolute atomic E-state index is 0.254. The summed E-state index contributed by atoms with van der Waals surface area (Å²) in [5.74, 6) is -0.250. The third kappa shape index (κ3) is 5.18. The van der Waals surface area contributed by atoms with Crippen LogP contribution in [0.3, 0.4) is 0 Å². The molecule has 0 aromatic rings. The van der Waals surface area contributed by atoms with Crippen LogP contribution in [0, 0.1) is 12.3 Å². The number of carbonyl (C=O) groups excluding carboxylic acids is 1. The van der Waals surface area contributed by atoms with E-state index in [1.807, 2.05) is 0 Å². The van der Waals surface area contributed by atoms with E-state index in [9.17, 15) is 23.4 Å². The molecule has 5 atom stereocenters. The Balaban J connectivity index is 2.85. The van der Waals surface area contributed by atoms with E-state index in [4.69, 9.17) is 25.6 Å². The van der Waals surface area contributed by atoms with Gasteiger partial charge in [-0.3, -0.25) is 9.35 Å². The number of ether oxygens (including phenoxy) is 2. The van der Waals surface area contributed by atoms with Crippen molar-refractivity contribution in [2.75, 3.05) is 19.0 Å². The molecule has 0 spiro atoms. The summed E-state index contributed by atoms with van der Waals surface area (Å²) >= 11 is 0. The van der Waals surface area contributed by atoms with Crippen LogP contribution in [-0.2, 0) is 24.4 Å². The van der Waals surface area contributed by atoms with Gasteiger partial charge in [0.1, 0.15) is 31.0 Å². The Morgan fingerprint density at radius 3 is 2.50 bits per heavy atom. The summed E-state index contributed by atoms with van der Waals surface area (Å²) in [4.78, 5) is 11.5. The SMILES string of the molecule is C#CCO[C@H]1O[C@H](CO)[C@@H](O)[C@H](O)[C@@H]1NC(=O)CS(=O)(=O)O. The first-order chi connectivity index (χ1) is 10.2. The minimum atomic E-state index is -4.57. The van der Waals surface area contributed by atoms with Crippen molar-refractivity contribution >= 4 is 16.0 Å². The zero-order valence-electron chi connectivity index (χ0n) is 11.3. The Kier molecular flexibility index (Phi) is 6.69. The maximum Gasteiger partial charge on any atom is 0.274 e. The van der Waals surface area contributed by atoms with Crippen LogP contribution in [0.15, 0.2) is 0 Å². The van der Waals surface area contributed by atoms with Crippen LogP contribution >= 0.6 is 0 Å². The number of hydrogen-bond acceptors (Lipinski definition) is 8. The standard InChI is InChI=1S/C11H17NO9S/c1-2-3-20-11-8(12-7(14)5-22(17,18)19)10(16)9(15)6(4-13)21-11/h1,6,8-11,13,15-16H,3-5H2,(H,12,14)(H,17,18,19)/t6-,8+,9-,10-,11+/m1/s1. The third-order valence-electron chi connectivity index (χ3n) is 2.85. The lowest BCUT2D eigenvalue weighted by molar-refractivity contribution is -0.266. The molecule has 10 nitrogen and oxygen atoms in total. The van der Waals surface area contributed by atoms with E-state index in [0.717, 1.165) is 0 Å². The average molecular weight is 339 g/mol. The lowest BCUT2D eigenvalue weighted by Crippen LogP contribution is -2.65. The molecule has 126 valence electrons. The molecule has 11 heteroatoms. The Hall–Kier alpha value is -1.26. The molecule has 1 fully saturated rings. The largest absolute Gasteiger partial charge is 0.394 e. The van der Waals surface area contributed by atoms with Crippen LogP contribution in [0.4, 0.5) is 0 Å². The molecular formula is C11H17NO9S. The summed E-state index contributed by atoms with van der Waals surface area (Å²) in [6.45, 7) is -0.879. The molecule has 0 aromatic heterocycles. The van der Waals surface area contributed by atoms with Gasteiger partial charge in [-0.05, 0) is 0 Å². The molecule has 1 rings (SSSR count). The van der Waals surface area contributed by atoms with Gasteiger partial charge in [-0.2, -0.15) is 8.42 Å². The van der Waals surface area contributed by atoms with Gasteiger partial charge in [0.05, 0.1) is 6.61 Å². The number of amides is 1. The summed E-state index contributed by atoms with van der Waals surface area (Å²) in [5, 5.41) is 30.8. The first-order valence-corrected chi connectivity index (χ1v) is 7.72. The van der Waals surface area contributed by atoms with Crippen molar-refractivity contribution in [3.8, 4) is 12.3 Å². The number of aliphatic hydroxyl groups excluding tert-OH is 3. The van der Waals surface area contributed by atoms with Crippen molar-refractivity contribution < 1.29 is 42.6 Å². The van der Waals surface area contributed by atoms with E-state index in [-0.39, 0.29) is 6.61 Å². The van der Waals surface area contributed by atoms with Crippen LogP contribution in [0.2, 0.25) is 0 Å². The van der Waals surface area contributed by atoms with Gasteiger partial charge < -0.3 is 30.1 Å². The fraction of sp³-hybridized carbons (Fsp3) is 0.727. The summed E-state index contributed by atoms with van der Waals surface area (Å²) in [6.07, 6.45) is -0.644. The molecule has 0 saturated carbocycles. The highest BCUT2D eigenvalue weighted by Gasteiger charge is 2.45. The molecule has 1 aliphatic rings. The normalized spacial score (nSPS) is 32.2. The molecule has 0 bridgehead atoms. The van der Waals surface area contributed by atoms with Gasteiger partial charge in [0, 0.05) is 0 Å². The maximum atomic E-state index is 11.5. The molecular weight excluding hydrogens is 322 g/mol. The highest BCUT2D eigenvalue weighted by atomic mass is 32.2. The maximum absolute atomic E-state index is 11.5. The fourth-order valence-electron chi connectivity index (χ4n) is 1.90. The molecule has 0 aromatic carbocycles. The van der Waals surface area contributed by atoms with Crippen molar-refractivity contribution in [3.63, 3.8) is 0 Å². The van der Waals surface area contributed by atoms with Crippen LogP contribution in [0.1, 0.15) is 0 Å². The quantitative estimate of drug-likeness (QED) is 0.243. The van der Waals surface area contributed by atoms with Crippen LogP contribution < -0.4 is 5.32 Å². The Morgan fingerprint density at radius 2 is 2.00 bits per heavy atom. The summed E-state index contributed by atoms with van der Waals surface area (Å²) in [6, 6.07) is -1.35. The van der Waals surface area contributed by atoms with Gasteiger partial charge in [-0.1, -0.05) is 5.92 Å². The van der Waals surface area contributed by atoms with E-state index in [0.29, 0.717) is 0 Å². The zero-order chi connectivity index (χ0) is 16.9. The van der Waals surface area contributed by atoms with Crippen LogP contribution in [0.25, 0.3) is 0 Å². The Morgan fingerprint density at radius 1 is 1.36 bits per heavy atom. The highest BCUT2D eigenvalue weighted by molar-refractivity contribution is 7.86. The van der Waals surface area contributed by atoms with Gasteiger partial charge in [-0.15, -0.1) is 6.42 Å². The third-order valence-corrected chi connectivity index (χ3v) is 3.48. The molecule has 1 aliphatic heterocycles. The summed E-state index contributed by atoms with van der Waals surface area (Å²) in [5.41, 5.74) is 0. The minimum Gasteiger partial charge on any atom is -0.394 e. The van der Waals surface area contributed by atoms with Gasteiger partial charge in [-0.25, -0.2) is 0 Å². The Bertz CT molecular complexity index is 528. The number of terminal acetylenes is 1. The van der Waals surface area contributed by atoms with Gasteiger partial charge in [0.2, 0.25) is 5.91 Å². The van der Waals surface area contributed by atoms with E-state index >= 15 is 0 Å². The predicted molar refractivity (Wildman–Crippen MR) is 70.9 cm³/mol. The second-order valence-electron chi connectivity index (χ2n) is 4.54. The zero-order valence-corrected chi connectivity index (χ0v) is 12.1. The van der Waals surface area contributed by atoms with Crippen molar-refractivity contribution in [1.29, 1.82) is 0 Å². The van der Waals surface area contributed by atoms with Gasteiger partial charge in [0.25, 0.3) is 10.1 Å². The lowest BCUT2D eigenvalue weighted by atomic mass is 9.97. The monoisotopic (exact) mass is 339 g/mol. The number of hydrogen-bond donors (Lipinski definition) is 5. The van der Waals surface area contributed by atoms with E-state index in [1.54, 1.807) is 0 Å². The topological polar surface area (TPSA) is 163 Å². The first kappa shape index (κ1) is 18.8. The summed E-state index contributed by atoms with van der Waals surface area (Å²) < 4.78 is 40.1. The summed E-state index contributed by atoms with van der Waals surface area (Å²) in [7, 11) is -4.57. The molecule has 0 radical (unpaired) electrons. The van der Waals surface area contributed by atoms with E-state index < -0.39 is 59.0 Å². The molecule has 0 aliphatic carbocycles. The van der Waals surface area contributed by atoms with Crippen molar-refractivity contribution in [2.45, 2.75) is 30.6 Å². The van der Waals surface area contributed by atoms with E-state index in [2.05, 4.69) is 11.2 Å². The molecule has 1 amide bonds. The van der Waals surface area contributed by atoms with Crippen molar-refractivity contribution in [2.24, 2.45) is 0 Å². The molecule has 1 saturated heterocycles. The van der Waals surface area contributed by atoms with Crippen LogP contribution in [-0.4, -0.2) is 83.8 Å². The molecule has 5 N–H and O–H groups in total. The number of aliphatic hydroxyl groups is 3. The van der Waals surface area contributed by atoms with Crippen LogP contribution in [0.5, 0.6) is 0 Å². The van der Waals surface area contributed by atoms with Gasteiger partial charge in [0.15, 0.2) is 12.0 Å². The fourth-order valence-corrected chi connectivity index (χ4v) is 2.32. The Labute approximate surface area is 126 Å². The molecule has 1 heterocycles. The van der Waals surface area contributed by atoms with Crippen molar-refractivity contribution in [3.05, 3.63) is 0 Å². The molecule has 22 heavy (non-hydrogen) atoms. The van der Waals surface area contributed by atoms with Gasteiger partial charge >= 0.3 is 0 Å². The average Bonchev–Trinajstić information content (AvgIpc) is 2.41. The second kappa shape index (κ2) is 7.84. The predicted octanol–water partition coefficient (Wildman–Crippen LogP) is -3.55. The second-order valence-corrected chi connectivity index (χ2v) is 5.99.